The number of aryl methyl sites for hydroxylation is 2. The van der Waals surface area contributed by atoms with Gasteiger partial charge in [-0.15, -0.1) is 5.10 Å². The zero-order chi connectivity index (χ0) is 20.4. The second kappa shape index (κ2) is 7.97. The van der Waals surface area contributed by atoms with Gasteiger partial charge >= 0.3 is 0 Å². The van der Waals surface area contributed by atoms with E-state index in [1.165, 1.54) is 18.2 Å². The third kappa shape index (κ3) is 3.82. The van der Waals surface area contributed by atoms with Crippen molar-refractivity contribution in [3.8, 4) is 0 Å². The molecule has 0 unspecified atom stereocenters. The molecule has 1 amide bonds. The first-order valence-corrected chi connectivity index (χ1v) is 9.48. The van der Waals surface area contributed by atoms with Gasteiger partial charge in [0.15, 0.2) is 5.65 Å². The summed E-state index contributed by atoms with van der Waals surface area (Å²) in [5.74, 6) is -0.0813. The lowest BCUT2D eigenvalue weighted by Gasteiger charge is -2.23. The topological polar surface area (TPSA) is 72.6 Å². The molecule has 0 spiro atoms. The molecule has 29 heavy (non-hydrogen) atoms. The van der Waals surface area contributed by atoms with Gasteiger partial charge < -0.3 is 9.64 Å². The van der Waals surface area contributed by atoms with Crippen molar-refractivity contribution >= 4 is 22.5 Å². The Morgan fingerprint density at radius 3 is 2.59 bits per heavy atom. The third-order valence-electron chi connectivity index (χ3n) is 5.16. The van der Waals surface area contributed by atoms with Crippen LogP contribution < -0.4 is 0 Å². The average Bonchev–Trinajstić information content (AvgIpc) is 3.20. The summed E-state index contributed by atoms with van der Waals surface area (Å²) in [6.07, 6.45) is 0. The van der Waals surface area contributed by atoms with Crippen LogP contribution in [0.15, 0.2) is 48.5 Å². The van der Waals surface area contributed by atoms with Crippen molar-refractivity contribution in [3.05, 3.63) is 70.8 Å². The zero-order valence-electron chi connectivity index (χ0n) is 16.8. The van der Waals surface area contributed by atoms with Crippen LogP contribution in [0.5, 0.6) is 0 Å². The average molecular weight is 389 g/mol. The minimum atomic E-state index is -0.0813. The number of aromatic nitrogens is 4. The number of rotatable bonds is 6. The van der Waals surface area contributed by atoms with E-state index in [9.17, 15) is 4.79 Å². The maximum absolute atomic E-state index is 12.7. The van der Waals surface area contributed by atoms with Crippen LogP contribution in [0, 0.1) is 13.8 Å². The van der Waals surface area contributed by atoms with Gasteiger partial charge in [0.25, 0.3) is 0 Å². The van der Waals surface area contributed by atoms with Crippen LogP contribution in [0.25, 0.3) is 16.6 Å². The fourth-order valence-corrected chi connectivity index (χ4v) is 3.50. The first-order chi connectivity index (χ1) is 14.1. The molecule has 2 aromatic carbocycles. The van der Waals surface area contributed by atoms with Crippen LogP contribution in [0.3, 0.4) is 0 Å². The van der Waals surface area contributed by atoms with Gasteiger partial charge in [-0.1, -0.05) is 30.3 Å². The number of fused-ring (bicyclic) bond motifs is 3. The molecule has 2 heterocycles. The van der Waals surface area contributed by atoms with E-state index in [2.05, 4.69) is 47.6 Å². The van der Waals surface area contributed by atoms with Crippen LogP contribution in [0.1, 0.15) is 22.3 Å². The highest BCUT2D eigenvalue weighted by atomic mass is 16.5. The van der Waals surface area contributed by atoms with E-state index in [1.54, 1.807) is 9.42 Å². The Hall–Kier alpha value is -3.32. The summed E-state index contributed by atoms with van der Waals surface area (Å²) < 4.78 is 6.84. The third-order valence-corrected chi connectivity index (χ3v) is 5.16. The molecule has 7 heteroatoms. The van der Waals surface area contributed by atoms with Crippen molar-refractivity contribution in [2.75, 3.05) is 13.7 Å². The van der Waals surface area contributed by atoms with Crippen LogP contribution in [-0.2, 0) is 22.6 Å². The number of nitrogens with zero attached hydrogens (tertiary/aromatic N) is 5. The van der Waals surface area contributed by atoms with Crippen LogP contribution in [-0.4, -0.2) is 44.6 Å². The summed E-state index contributed by atoms with van der Waals surface area (Å²) in [5, 5.41) is 13.3. The maximum Gasteiger partial charge on any atom is 0.249 e. The van der Waals surface area contributed by atoms with Gasteiger partial charge in [-0.05, 0) is 59.2 Å². The van der Waals surface area contributed by atoms with Crippen molar-refractivity contribution in [3.63, 3.8) is 0 Å². The summed E-state index contributed by atoms with van der Waals surface area (Å²) in [6, 6.07) is 16.2. The smallest absolute Gasteiger partial charge is 0.249 e. The quantitative estimate of drug-likeness (QED) is 0.507. The number of pyridine rings is 1. The first kappa shape index (κ1) is 19.0. The number of methoxy groups -OCH3 is 1. The number of amides is 1. The lowest BCUT2D eigenvalue weighted by atomic mass is 10.0. The molecule has 148 valence electrons. The zero-order valence-corrected chi connectivity index (χ0v) is 16.8. The van der Waals surface area contributed by atoms with Gasteiger partial charge in [0.1, 0.15) is 6.61 Å². The lowest BCUT2D eigenvalue weighted by molar-refractivity contribution is -0.136. The van der Waals surface area contributed by atoms with Crippen LogP contribution >= 0.6 is 0 Å². The molecule has 4 aromatic rings. The minimum absolute atomic E-state index is 0.0277. The molecule has 0 radical (unpaired) electrons. The number of tetrazole rings is 1. The maximum atomic E-state index is 12.7. The van der Waals surface area contributed by atoms with E-state index in [0.29, 0.717) is 18.7 Å². The summed E-state index contributed by atoms with van der Waals surface area (Å²) in [7, 11) is 1.53. The molecule has 0 N–H and O–H groups in total. The SMILES string of the molecule is COCC(=O)N(Cc1ccccc1)Cc1cc2cc(C)c(C)cc2n2nnnc12. The van der Waals surface area contributed by atoms with E-state index in [1.807, 2.05) is 30.3 Å². The van der Waals surface area contributed by atoms with Gasteiger partial charge in [0.2, 0.25) is 5.91 Å². The van der Waals surface area contributed by atoms with E-state index < -0.39 is 0 Å². The molecule has 0 saturated heterocycles. The van der Waals surface area contributed by atoms with Crippen LogP contribution in [0.4, 0.5) is 0 Å². The number of carbonyl (C=O) groups is 1. The molecule has 0 aliphatic rings. The molecule has 0 saturated carbocycles. The summed E-state index contributed by atoms with van der Waals surface area (Å²) in [5.41, 5.74) is 5.94. The molecule has 2 aromatic heterocycles. The molecule has 0 bridgehead atoms. The molecular weight excluding hydrogens is 366 g/mol. The highest BCUT2D eigenvalue weighted by Crippen LogP contribution is 2.24. The van der Waals surface area contributed by atoms with Crippen molar-refractivity contribution in [2.45, 2.75) is 26.9 Å². The Balaban J connectivity index is 1.77. The minimum Gasteiger partial charge on any atom is -0.375 e. The fourth-order valence-electron chi connectivity index (χ4n) is 3.50. The molecule has 4 rings (SSSR count). The molecule has 0 fully saturated rings. The largest absolute Gasteiger partial charge is 0.375 e. The molecule has 0 aliphatic heterocycles. The van der Waals surface area contributed by atoms with E-state index in [4.69, 9.17) is 4.74 Å². The Labute approximate surface area is 168 Å². The Morgan fingerprint density at radius 2 is 1.83 bits per heavy atom. The monoisotopic (exact) mass is 389 g/mol. The summed E-state index contributed by atoms with van der Waals surface area (Å²) in [6.45, 7) is 5.07. The van der Waals surface area contributed by atoms with Gasteiger partial charge in [-0.2, -0.15) is 4.52 Å². The van der Waals surface area contributed by atoms with Gasteiger partial charge in [-0.25, -0.2) is 0 Å². The van der Waals surface area contributed by atoms with Gasteiger partial charge in [0, 0.05) is 31.1 Å². The van der Waals surface area contributed by atoms with Crippen molar-refractivity contribution < 1.29 is 9.53 Å². The molecule has 7 nitrogen and oxygen atoms in total. The molecule has 0 atom stereocenters. The van der Waals surface area contributed by atoms with Crippen molar-refractivity contribution in [1.29, 1.82) is 0 Å². The number of hydrogen-bond acceptors (Lipinski definition) is 5. The lowest BCUT2D eigenvalue weighted by Crippen LogP contribution is -2.33. The predicted molar refractivity (Wildman–Crippen MR) is 110 cm³/mol. The first-order valence-electron chi connectivity index (χ1n) is 9.48. The highest BCUT2D eigenvalue weighted by Gasteiger charge is 2.18. The van der Waals surface area contributed by atoms with E-state index in [-0.39, 0.29) is 12.5 Å². The van der Waals surface area contributed by atoms with E-state index >= 15 is 0 Å². The second-order valence-electron chi connectivity index (χ2n) is 7.25. The number of carbonyl (C=O) groups excluding carboxylic acids is 1. The normalized spacial score (nSPS) is 11.3. The number of benzene rings is 2. The predicted octanol–water partition coefficient (Wildman–Crippen LogP) is 3.07. The van der Waals surface area contributed by atoms with Gasteiger partial charge in [-0.3, -0.25) is 4.79 Å². The van der Waals surface area contributed by atoms with E-state index in [0.717, 1.165) is 22.0 Å². The Bertz CT molecular complexity index is 1170. The number of hydrogen-bond donors (Lipinski definition) is 0. The van der Waals surface area contributed by atoms with Crippen molar-refractivity contribution in [1.82, 2.24) is 24.9 Å². The summed E-state index contributed by atoms with van der Waals surface area (Å²) >= 11 is 0. The fraction of sp³-hybridized carbons (Fsp3) is 0.273. The second-order valence-corrected chi connectivity index (χ2v) is 7.25. The van der Waals surface area contributed by atoms with Crippen molar-refractivity contribution in [2.24, 2.45) is 0 Å². The summed E-state index contributed by atoms with van der Waals surface area (Å²) in [4.78, 5) is 14.5. The Morgan fingerprint density at radius 1 is 1.07 bits per heavy atom. The standard InChI is InChI=1S/C22H23N5O2/c1-15-9-18-11-19(22-23-24-25-27(22)20(18)10-16(15)2)13-26(21(28)14-29-3)12-17-7-5-4-6-8-17/h4-11H,12-14H2,1-3H3. The molecular formula is C22H23N5O2. The molecule has 0 aliphatic carbocycles. The van der Waals surface area contributed by atoms with Gasteiger partial charge in [0.05, 0.1) is 5.52 Å². The number of ether oxygens (including phenoxy) is 1. The highest BCUT2D eigenvalue weighted by molar-refractivity contribution is 5.85. The Kier molecular flexibility index (Phi) is 5.22. The van der Waals surface area contributed by atoms with Crippen LogP contribution in [0.2, 0.25) is 0 Å².